The van der Waals surface area contributed by atoms with E-state index < -0.39 is 0 Å². The summed E-state index contributed by atoms with van der Waals surface area (Å²) in [5.41, 5.74) is 1.05. The first-order chi connectivity index (χ1) is 10.6. The highest BCUT2D eigenvalue weighted by Crippen LogP contribution is 2.21. The highest BCUT2D eigenvalue weighted by atomic mass is 127. The van der Waals surface area contributed by atoms with E-state index in [9.17, 15) is 4.79 Å². The molecule has 9 heteroatoms. The molecule has 2 rings (SSSR count). The second-order valence-electron chi connectivity index (χ2n) is 5.05. The van der Waals surface area contributed by atoms with Crippen molar-refractivity contribution in [3.05, 3.63) is 18.0 Å². The Hall–Kier alpha value is -1.36. The van der Waals surface area contributed by atoms with Crippen LogP contribution in [0, 0.1) is 0 Å². The molecular formula is C14H24IN5O3. The van der Waals surface area contributed by atoms with Crippen molar-refractivity contribution in [2.75, 3.05) is 40.4 Å². The van der Waals surface area contributed by atoms with E-state index in [0.717, 1.165) is 18.1 Å². The SMILES string of the molecule is CN=C(NCCC(=O)OC)N1CCOC(c2cnn(C)c2)C1.I. The number of ether oxygens (including phenoxy) is 2. The van der Waals surface area contributed by atoms with Crippen LogP contribution in [-0.2, 0) is 21.3 Å². The van der Waals surface area contributed by atoms with Gasteiger partial charge in [0, 0.05) is 38.9 Å². The van der Waals surface area contributed by atoms with E-state index in [-0.39, 0.29) is 36.0 Å². The minimum Gasteiger partial charge on any atom is -0.469 e. The number of aliphatic imine (C=N–C) groups is 1. The number of carbonyl (C=O) groups is 1. The zero-order valence-electron chi connectivity index (χ0n) is 13.7. The Morgan fingerprint density at radius 2 is 2.39 bits per heavy atom. The number of rotatable bonds is 4. The number of hydrogen-bond acceptors (Lipinski definition) is 5. The number of aromatic nitrogens is 2. The van der Waals surface area contributed by atoms with E-state index in [0.29, 0.717) is 26.1 Å². The van der Waals surface area contributed by atoms with E-state index >= 15 is 0 Å². The minimum absolute atomic E-state index is 0. The molecule has 1 fully saturated rings. The van der Waals surface area contributed by atoms with Gasteiger partial charge in [-0.3, -0.25) is 14.5 Å². The molecule has 0 aromatic carbocycles. The minimum atomic E-state index is -0.238. The molecule has 1 unspecified atom stereocenters. The van der Waals surface area contributed by atoms with Crippen LogP contribution in [0.2, 0.25) is 0 Å². The lowest BCUT2D eigenvalue weighted by Crippen LogP contribution is -2.48. The molecule has 130 valence electrons. The molecule has 1 N–H and O–H groups in total. The van der Waals surface area contributed by atoms with Crippen molar-refractivity contribution < 1.29 is 14.3 Å². The summed E-state index contributed by atoms with van der Waals surface area (Å²) in [6, 6.07) is 0. The topological polar surface area (TPSA) is 81.0 Å². The molecule has 0 spiro atoms. The maximum atomic E-state index is 11.2. The van der Waals surface area contributed by atoms with Crippen molar-refractivity contribution in [1.29, 1.82) is 0 Å². The second-order valence-corrected chi connectivity index (χ2v) is 5.05. The average Bonchev–Trinajstić information content (AvgIpc) is 2.98. The van der Waals surface area contributed by atoms with Crippen molar-refractivity contribution in [3.8, 4) is 0 Å². The van der Waals surface area contributed by atoms with Crippen molar-refractivity contribution in [2.45, 2.75) is 12.5 Å². The molecule has 1 saturated heterocycles. The predicted molar refractivity (Wildman–Crippen MR) is 96.9 cm³/mol. The standard InChI is InChI=1S/C14H23N5O3.HI/c1-15-14(16-5-4-13(20)21-3)19-6-7-22-12(10-19)11-8-17-18(2)9-11;/h8-9,12H,4-7,10H2,1-3H3,(H,15,16);1H. The third kappa shape index (κ3) is 5.65. The number of aryl methyl sites for hydroxylation is 1. The van der Waals surface area contributed by atoms with Crippen LogP contribution in [0.4, 0.5) is 0 Å². The lowest BCUT2D eigenvalue weighted by Gasteiger charge is -2.34. The van der Waals surface area contributed by atoms with Gasteiger partial charge in [-0.1, -0.05) is 0 Å². The number of nitrogens with one attached hydrogen (secondary N) is 1. The molecule has 2 heterocycles. The van der Waals surface area contributed by atoms with Crippen molar-refractivity contribution in [1.82, 2.24) is 20.0 Å². The average molecular weight is 437 g/mol. The Labute approximate surface area is 153 Å². The number of guanidine groups is 1. The number of halogens is 1. The summed E-state index contributed by atoms with van der Waals surface area (Å²) in [5, 5.41) is 7.36. The van der Waals surface area contributed by atoms with Gasteiger partial charge in [0.1, 0.15) is 6.10 Å². The number of methoxy groups -OCH3 is 1. The Kier molecular flexibility index (Phi) is 8.31. The fourth-order valence-electron chi connectivity index (χ4n) is 2.36. The molecule has 0 radical (unpaired) electrons. The Bertz CT molecular complexity index is 534. The summed E-state index contributed by atoms with van der Waals surface area (Å²) in [5.74, 6) is 0.527. The van der Waals surface area contributed by atoms with Crippen LogP contribution >= 0.6 is 24.0 Å². The van der Waals surface area contributed by atoms with Crippen molar-refractivity contribution >= 4 is 35.9 Å². The van der Waals surface area contributed by atoms with E-state index in [2.05, 4.69) is 25.0 Å². The molecule has 0 bridgehead atoms. The van der Waals surface area contributed by atoms with Gasteiger partial charge >= 0.3 is 5.97 Å². The Balaban J connectivity index is 0.00000264. The Morgan fingerprint density at radius 1 is 1.61 bits per heavy atom. The number of morpholine rings is 1. The lowest BCUT2D eigenvalue weighted by molar-refractivity contribution is -0.140. The van der Waals surface area contributed by atoms with Gasteiger partial charge < -0.3 is 19.7 Å². The number of nitrogens with zero attached hydrogens (tertiary/aromatic N) is 4. The highest BCUT2D eigenvalue weighted by Gasteiger charge is 2.25. The van der Waals surface area contributed by atoms with Gasteiger partial charge in [-0.05, 0) is 0 Å². The van der Waals surface area contributed by atoms with Gasteiger partial charge in [0.25, 0.3) is 0 Å². The zero-order chi connectivity index (χ0) is 15.9. The Morgan fingerprint density at radius 3 is 3.00 bits per heavy atom. The predicted octanol–water partition coefficient (Wildman–Crippen LogP) is 0.550. The number of hydrogen-bond donors (Lipinski definition) is 1. The summed E-state index contributed by atoms with van der Waals surface area (Å²) < 4.78 is 12.2. The normalized spacial score (nSPS) is 18.3. The molecule has 1 aliphatic rings. The van der Waals surface area contributed by atoms with Gasteiger partial charge in [-0.2, -0.15) is 5.10 Å². The van der Waals surface area contributed by atoms with E-state index in [1.165, 1.54) is 7.11 Å². The third-order valence-electron chi connectivity index (χ3n) is 3.51. The summed E-state index contributed by atoms with van der Waals surface area (Å²) in [4.78, 5) is 17.5. The maximum Gasteiger partial charge on any atom is 0.307 e. The first-order valence-electron chi connectivity index (χ1n) is 7.26. The molecule has 1 atom stereocenters. The molecule has 0 aliphatic carbocycles. The summed E-state index contributed by atoms with van der Waals surface area (Å²) in [7, 11) is 5.00. The molecule has 23 heavy (non-hydrogen) atoms. The number of carbonyl (C=O) groups excluding carboxylic acids is 1. The molecule has 0 saturated carbocycles. The smallest absolute Gasteiger partial charge is 0.307 e. The van der Waals surface area contributed by atoms with Gasteiger partial charge in [0.05, 0.1) is 32.9 Å². The molecule has 1 aromatic heterocycles. The lowest BCUT2D eigenvalue weighted by atomic mass is 10.1. The highest BCUT2D eigenvalue weighted by molar-refractivity contribution is 14.0. The number of esters is 1. The quantitative estimate of drug-likeness (QED) is 0.321. The molecule has 1 aromatic rings. The van der Waals surface area contributed by atoms with Gasteiger partial charge in [-0.15, -0.1) is 24.0 Å². The maximum absolute atomic E-state index is 11.2. The van der Waals surface area contributed by atoms with E-state index in [1.54, 1.807) is 11.7 Å². The monoisotopic (exact) mass is 437 g/mol. The summed E-state index contributed by atoms with van der Waals surface area (Å²) in [6.45, 7) is 2.57. The third-order valence-corrected chi connectivity index (χ3v) is 3.51. The van der Waals surface area contributed by atoms with E-state index in [1.807, 2.05) is 19.4 Å². The van der Waals surface area contributed by atoms with Crippen LogP contribution in [-0.4, -0.2) is 67.0 Å². The van der Waals surface area contributed by atoms with Crippen molar-refractivity contribution in [2.24, 2.45) is 12.0 Å². The summed E-state index contributed by atoms with van der Waals surface area (Å²) >= 11 is 0. The van der Waals surface area contributed by atoms with Crippen molar-refractivity contribution in [3.63, 3.8) is 0 Å². The molecule has 8 nitrogen and oxygen atoms in total. The zero-order valence-corrected chi connectivity index (χ0v) is 16.0. The first kappa shape index (κ1) is 19.7. The van der Waals surface area contributed by atoms with E-state index in [4.69, 9.17) is 4.74 Å². The van der Waals surface area contributed by atoms with Crippen LogP contribution in [0.5, 0.6) is 0 Å². The van der Waals surface area contributed by atoms with Crippen LogP contribution in [0.15, 0.2) is 17.4 Å². The summed E-state index contributed by atoms with van der Waals surface area (Å²) in [6.07, 6.45) is 4.07. The fourth-order valence-corrected chi connectivity index (χ4v) is 2.36. The van der Waals surface area contributed by atoms with Crippen LogP contribution in [0.25, 0.3) is 0 Å². The van der Waals surface area contributed by atoms with Crippen LogP contribution < -0.4 is 5.32 Å². The van der Waals surface area contributed by atoms with Crippen LogP contribution in [0.3, 0.4) is 0 Å². The van der Waals surface area contributed by atoms with Gasteiger partial charge in [-0.25, -0.2) is 0 Å². The van der Waals surface area contributed by atoms with Gasteiger partial charge in [0.15, 0.2) is 5.96 Å². The molecule has 0 amide bonds. The van der Waals surface area contributed by atoms with Gasteiger partial charge in [0.2, 0.25) is 0 Å². The fraction of sp³-hybridized carbons (Fsp3) is 0.643. The second kappa shape index (κ2) is 9.71. The first-order valence-corrected chi connectivity index (χ1v) is 7.26. The molecule has 1 aliphatic heterocycles. The van der Waals surface area contributed by atoms with Crippen LogP contribution in [0.1, 0.15) is 18.1 Å². The largest absolute Gasteiger partial charge is 0.469 e. The molecular weight excluding hydrogens is 413 g/mol.